The molecule has 146 valence electrons. The van der Waals surface area contributed by atoms with Crippen LogP contribution in [-0.2, 0) is 16.1 Å². The molecule has 5 nitrogen and oxygen atoms in total. The minimum absolute atomic E-state index is 0.0821. The molecule has 2 fully saturated rings. The zero-order valence-electron chi connectivity index (χ0n) is 15.7. The molecule has 1 saturated carbocycles. The van der Waals surface area contributed by atoms with Crippen molar-refractivity contribution in [3.63, 3.8) is 0 Å². The molecule has 1 heterocycles. The lowest BCUT2D eigenvalue weighted by Gasteiger charge is -2.35. The second kappa shape index (κ2) is 8.10. The van der Waals surface area contributed by atoms with Crippen LogP contribution in [0.25, 0.3) is 0 Å². The Kier molecular flexibility index (Phi) is 5.39. The maximum Gasteiger partial charge on any atom is 0.228 e. The summed E-state index contributed by atoms with van der Waals surface area (Å²) in [6.07, 6.45) is 0.593. The highest BCUT2D eigenvalue weighted by Gasteiger charge is 2.49. The van der Waals surface area contributed by atoms with Crippen LogP contribution in [0.4, 0.5) is 10.1 Å². The molecule has 2 atom stereocenters. The summed E-state index contributed by atoms with van der Waals surface area (Å²) < 4.78 is 13.0. The zero-order chi connectivity index (χ0) is 19.5. The van der Waals surface area contributed by atoms with Crippen molar-refractivity contribution in [3.8, 4) is 0 Å². The topological polar surface area (TPSA) is 52.7 Å². The summed E-state index contributed by atoms with van der Waals surface area (Å²) in [5, 5.41) is 2.77. The van der Waals surface area contributed by atoms with Crippen LogP contribution in [0.2, 0.25) is 0 Å². The van der Waals surface area contributed by atoms with Gasteiger partial charge in [0.2, 0.25) is 11.8 Å². The molecule has 2 aromatic carbocycles. The van der Waals surface area contributed by atoms with Crippen molar-refractivity contribution in [2.75, 3.05) is 31.5 Å². The number of carbonyl (C=O) groups excluding carboxylic acids is 2. The van der Waals surface area contributed by atoms with Crippen LogP contribution in [0.5, 0.6) is 0 Å². The van der Waals surface area contributed by atoms with Crippen molar-refractivity contribution in [1.29, 1.82) is 0 Å². The minimum Gasteiger partial charge on any atom is -0.340 e. The Labute approximate surface area is 164 Å². The van der Waals surface area contributed by atoms with E-state index in [1.807, 2.05) is 23.1 Å². The summed E-state index contributed by atoms with van der Waals surface area (Å²) in [6.45, 7) is 4.00. The van der Waals surface area contributed by atoms with Crippen LogP contribution in [-0.4, -0.2) is 47.8 Å². The number of rotatable bonds is 5. The first kappa shape index (κ1) is 18.6. The van der Waals surface area contributed by atoms with Gasteiger partial charge in [0.15, 0.2) is 0 Å². The van der Waals surface area contributed by atoms with Crippen molar-refractivity contribution in [1.82, 2.24) is 9.80 Å². The lowest BCUT2D eigenvalue weighted by Crippen LogP contribution is -2.49. The first-order valence-corrected chi connectivity index (χ1v) is 9.71. The third-order valence-corrected chi connectivity index (χ3v) is 5.49. The maximum absolute atomic E-state index is 13.0. The summed E-state index contributed by atoms with van der Waals surface area (Å²) >= 11 is 0. The maximum atomic E-state index is 13.0. The van der Waals surface area contributed by atoms with E-state index >= 15 is 0 Å². The third kappa shape index (κ3) is 4.39. The van der Waals surface area contributed by atoms with E-state index < -0.39 is 0 Å². The van der Waals surface area contributed by atoms with Gasteiger partial charge in [-0.3, -0.25) is 14.5 Å². The van der Waals surface area contributed by atoms with Crippen LogP contribution >= 0.6 is 0 Å². The molecule has 0 aromatic heterocycles. The fourth-order valence-electron chi connectivity index (χ4n) is 3.73. The van der Waals surface area contributed by atoms with Gasteiger partial charge in [0.1, 0.15) is 5.82 Å². The van der Waals surface area contributed by atoms with Crippen molar-refractivity contribution in [2.24, 2.45) is 11.8 Å². The molecule has 2 unspecified atom stereocenters. The molecule has 0 radical (unpaired) electrons. The van der Waals surface area contributed by atoms with Gasteiger partial charge in [0.05, 0.1) is 11.8 Å². The molecule has 1 N–H and O–H groups in total. The fraction of sp³-hybridized carbons (Fsp3) is 0.364. The Morgan fingerprint density at radius 3 is 2.29 bits per heavy atom. The Balaban J connectivity index is 1.24. The van der Waals surface area contributed by atoms with E-state index in [0.717, 1.165) is 19.6 Å². The lowest BCUT2D eigenvalue weighted by molar-refractivity contribution is -0.135. The van der Waals surface area contributed by atoms with Crippen LogP contribution in [0.3, 0.4) is 0 Å². The highest BCUT2D eigenvalue weighted by Crippen LogP contribution is 2.41. The number of halogens is 1. The van der Waals surface area contributed by atoms with E-state index in [2.05, 4.69) is 22.3 Å². The van der Waals surface area contributed by atoms with Gasteiger partial charge in [-0.2, -0.15) is 0 Å². The highest BCUT2D eigenvalue weighted by atomic mass is 19.1. The number of nitrogens with zero attached hydrogens (tertiary/aromatic N) is 2. The second-order valence-corrected chi connectivity index (χ2v) is 7.53. The average Bonchev–Trinajstić information content (AvgIpc) is 3.52. The molecular weight excluding hydrogens is 357 g/mol. The number of nitrogens with one attached hydrogen (secondary N) is 1. The van der Waals surface area contributed by atoms with Crippen LogP contribution < -0.4 is 5.32 Å². The van der Waals surface area contributed by atoms with Crippen molar-refractivity contribution in [3.05, 3.63) is 66.0 Å². The number of hydrogen-bond donors (Lipinski definition) is 1. The Hall–Kier alpha value is -2.73. The first-order chi connectivity index (χ1) is 13.6. The molecule has 2 amide bonds. The van der Waals surface area contributed by atoms with E-state index in [1.54, 1.807) is 0 Å². The second-order valence-electron chi connectivity index (χ2n) is 7.53. The zero-order valence-corrected chi connectivity index (χ0v) is 15.7. The van der Waals surface area contributed by atoms with Gasteiger partial charge < -0.3 is 10.2 Å². The van der Waals surface area contributed by atoms with Crippen molar-refractivity contribution in [2.45, 2.75) is 13.0 Å². The van der Waals surface area contributed by atoms with Gasteiger partial charge in [0.25, 0.3) is 0 Å². The Morgan fingerprint density at radius 2 is 1.61 bits per heavy atom. The summed E-state index contributed by atoms with van der Waals surface area (Å²) in [5.41, 5.74) is 1.83. The molecule has 1 aliphatic carbocycles. The number of anilines is 1. The van der Waals surface area contributed by atoms with Gasteiger partial charge in [-0.1, -0.05) is 30.3 Å². The van der Waals surface area contributed by atoms with Crippen LogP contribution in [0.15, 0.2) is 54.6 Å². The smallest absolute Gasteiger partial charge is 0.228 e. The van der Waals surface area contributed by atoms with E-state index in [9.17, 15) is 14.0 Å². The van der Waals surface area contributed by atoms with E-state index in [1.165, 1.54) is 29.8 Å². The monoisotopic (exact) mass is 381 g/mol. The quantitative estimate of drug-likeness (QED) is 0.867. The van der Waals surface area contributed by atoms with Gasteiger partial charge >= 0.3 is 0 Å². The third-order valence-electron chi connectivity index (χ3n) is 5.49. The molecule has 2 aliphatic rings. The van der Waals surface area contributed by atoms with E-state index in [4.69, 9.17) is 0 Å². The molecular formula is C22H24FN3O2. The van der Waals surface area contributed by atoms with Gasteiger partial charge in [-0.15, -0.1) is 0 Å². The van der Waals surface area contributed by atoms with E-state index in [-0.39, 0.29) is 29.5 Å². The first-order valence-electron chi connectivity index (χ1n) is 9.71. The number of benzene rings is 2. The lowest BCUT2D eigenvalue weighted by atomic mass is 10.2. The fourth-order valence-corrected chi connectivity index (χ4v) is 3.73. The molecule has 1 aliphatic heterocycles. The van der Waals surface area contributed by atoms with Crippen molar-refractivity contribution >= 4 is 17.5 Å². The van der Waals surface area contributed by atoms with Gasteiger partial charge in [0, 0.05) is 38.4 Å². The largest absolute Gasteiger partial charge is 0.340 e. The summed E-state index contributed by atoms with van der Waals surface area (Å²) in [6, 6.07) is 16.0. The van der Waals surface area contributed by atoms with Crippen LogP contribution in [0, 0.1) is 17.7 Å². The number of amides is 2. The predicted octanol–water partition coefficient (Wildman–Crippen LogP) is 2.74. The molecule has 6 heteroatoms. The standard InChI is InChI=1S/C22H24FN3O2/c23-17-6-8-18(9-7-17)24-21(27)19-14-20(19)22(28)26-12-10-25(11-13-26)15-16-4-2-1-3-5-16/h1-9,19-20H,10-15H2,(H,24,27). The predicted molar refractivity (Wildman–Crippen MR) is 105 cm³/mol. The molecule has 4 rings (SSSR count). The SMILES string of the molecule is O=C(Nc1ccc(F)cc1)C1CC1C(=O)N1CCN(Cc2ccccc2)CC1. The average molecular weight is 381 g/mol. The van der Waals surface area contributed by atoms with Gasteiger partial charge in [-0.05, 0) is 36.2 Å². The minimum atomic E-state index is -0.344. The molecule has 0 bridgehead atoms. The van der Waals surface area contributed by atoms with E-state index in [0.29, 0.717) is 25.2 Å². The normalized spacial score (nSPS) is 22.0. The summed E-state index contributed by atoms with van der Waals surface area (Å²) in [5.74, 6) is -0.920. The molecule has 28 heavy (non-hydrogen) atoms. The molecule has 0 spiro atoms. The Bertz CT molecular complexity index is 833. The number of carbonyl (C=O) groups is 2. The highest BCUT2D eigenvalue weighted by molar-refractivity contribution is 5.99. The number of piperazine rings is 1. The van der Waals surface area contributed by atoms with Crippen LogP contribution in [0.1, 0.15) is 12.0 Å². The van der Waals surface area contributed by atoms with Gasteiger partial charge in [-0.25, -0.2) is 4.39 Å². The number of hydrogen-bond acceptors (Lipinski definition) is 3. The Morgan fingerprint density at radius 1 is 0.929 bits per heavy atom. The van der Waals surface area contributed by atoms with Crippen molar-refractivity contribution < 1.29 is 14.0 Å². The summed E-state index contributed by atoms with van der Waals surface area (Å²) in [7, 11) is 0. The molecule has 2 aromatic rings. The molecule has 1 saturated heterocycles. The summed E-state index contributed by atoms with van der Waals surface area (Å²) in [4.78, 5) is 29.3.